The topological polar surface area (TPSA) is 46.2 Å². The first-order valence-corrected chi connectivity index (χ1v) is 3.15. The first kappa shape index (κ1) is 10.7. The van der Waals surface area contributed by atoms with Crippen LogP contribution in [0.15, 0.2) is 0 Å². The number of rotatable bonds is 2. The minimum absolute atomic E-state index is 0.576. The van der Waals surface area contributed by atoms with Crippen LogP contribution < -0.4 is 5.73 Å². The van der Waals surface area contributed by atoms with Crippen molar-refractivity contribution in [3.8, 4) is 0 Å². The molecule has 0 heterocycles. The van der Waals surface area contributed by atoms with Gasteiger partial charge in [-0.2, -0.15) is 13.2 Å². The Morgan fingerprint density at radius 2 is 1.73 bits per heavy atom. The normalized spacial score (nSPS) is 16.6. The highest BCUT2D eigenvalue weighted by Crippen LogP contribution is 2.31. The fourth-order valence-electron chi connectivity index (χ4n) is 0.541. The summed E-state index contributed by atoms with van der Waals surface area (Å²) >= 11 is 0. The van der Waals surface area contributed by atoms with Crippen molar-refractivity contribution in [3.05, 3.63) is 0 Å². The van der Waals surface area contributed by atoms with Gasteiger partial charge < -0.3 is 10.8 Å². The highest BCUT2D eigenvalue weighted by atomic mass is 19.4. The Morgan fingerprint density at radius 3 is 1.82 bits per heavy atom. The highest BCUT2D eigenvalue weighted by molar-refractivity contribution is 4.86. The molecule has 0 spiro atoms. The second-order valence-corrected chi connectivity index (χ2v) is 3.17. The number of aliphatic hydroxyl groups excluding tert-OH is 1. The lowest BCUT2D eigenvalue weighted by Crippen LogP contribution is -2.50. The van der Waals surface area contributed by atoms with E-state index in [0.717, 1.165) is 0 Å². The van der Waals surface area contributed by atoms with E-state index in [1.165, 1.54) is 13.8 Å². The van der Waals surface area contributed by atoms with Crippen molar-refractivity contribution in [1.82, 2.24) is 0 Å². The van der Waals surface area contributed by atoms with Crippen molar-refractivity contribution in [1.29, 1.82) is 0 Å². The monoisotopic (exact) mass is 171 g/mol. The smallest absolute Gasteiger partial charge is 0.396 e. The average Bonchev–Trinajstić information content (AvgIpc) is 1.84. The quantitative estimate of drug-likeness (QED) is 0.648. The summed E-state index contributed by atoms with van der Waals surface area (Å²) in [6.07, 6.45) is -4.44. The van der Waals surface area contributed by atoms with Crippen molar-refractivity contribution in [3.63, 3.8) is 0 Å². The fraction of sp³-hybridized carbons (Fsp3) is 1.00. The molecule has 0 aliphatic rings. The number of aliphatic hydroxyl groups is 1. The third-order valence-corrected chi connectivity index (χ3v) is 1.60. The van der Waals surface area contributed by atoms with Crippen LogP contribution in [0.3, 0.4) is 0 Å². The Balaban J connectivity index is 4.35. The van der Waals surface area contributed by atoms with Gasteiger partial charge in [0.1, 0.15) is 6.04 Å². The predicted octanol–water partition coefficient (Wildman–Crippen LogP) is 0.895. The Labute approximate surface area is 63.2 Å². The van der Waals surface area contributed by atoms with Crippen LogP contribution in [-0.4, -0.2) is 23.9 Å². The Kier molecular flexibility index (Phi) is 2.91. The van der Waals surface area contributed by atoms with E-state index in [9.17, 15) is 13.2 Å². The number of nitrogens with two attached hydrogens (primary N) is 1. The molecule has 0 aliphatic carbocycles. The molecule has 11 heavy (non-hydrogen) atoms. The van der Waals surface area contributed by atoms with E-state index in [-0.39, 0.29) is 0 Å². The predicted molar refractivity (Wildman–Crippen MR) is 34.9 cm³/mol. The largest absolute Gasteiger partial charge is 0.404 e. The molecule has 0 unspecified atom stereocenters. The second-order valence-electron chi connectivity index (χ2n) is 3.17. The van der Waals surface area contributed by atoms with Gasteiger partial charge in [0.25, 0.3) is 0 Å². The Hall–Kier alpha value is -0.290. The molecule has 0 aromatic carbocycles. The summed E-state index contributed by atoms with van der Waals surface area (Å²) in [5.74, 6) is 0. The van der Waals surface area contributed by atoms with Crippen molar-refractivity contribution in [2.45, 2.75) is 26.1 Å². The maximum atomic E-state index is 11.9. The molecule has 5 heteroatoms. The summed E-state index contributed by atoms with van der Waals surface area (Å²) in [6, 6.07) is -1.97. The number of hydrogen-bond acceptors (Lipinski definition) is 2. The molecule has 0 radical (unpaired) electrons. The maximum Gasteiger partial charge on any atom is 0.404 e. The van der Waals surface area contributed by atoms with Gasteiger partial charge in [-0.05, 0) is 0 Å². The molecule has 0 aliphatic heterocycles. The first-order chi connectivity index (χ1) is 4.72. The van der Waals surface area contributed by atoms with E-state index >= 15 is 0 Å². The first-order valence-electron chi connectivity index (χ1n) is 3.15. The molecule has 2 nitrogen and oxygen atoms in total. The summed E-state index contributed by atoms with van der Waals surface area (Å²) in [5, 5.41) is 8.55. The highest BCUT2D eigenvalue weighted by Gasteiger charge is 2.45. The van der Waals surface area contributed by atoms with Crippen LogP contribution in [0.5, 0.6) is 0 Å². The van der Waals surface area contributed by atoms with Crippen molar-refractivity contribution in [2.75, 3.05) is 6.61 Å². The van der Waals surface area contributed by atoms with Gasteiger partial charge in [0, 0.05) is 12.0 Å². The summed E-state index contributed by atoms with van der Waals surface area (Å²) in [7, 11) is 0. The second kappa shape index (κ2) is 2.98. The third-order valence-electron chi connectivity index (χ3n) is 1.60. The molecule has 0 saturated carbocycles. The van der Waals surface area contributed by atoms with Crippen LogP contribution in [0.1, 0.15) is 13.8 Å². The Morgan fingerprint density at radius 1 is 1.36 bits per heavy atom. The lowest BCUT2D eigenvalue weighted by Gasteiger charge is -2.30. The van der Waals surface area contributed by atoms with Crippen LogP contribution in [-0.2, 0) is 0 Å². The SMILES string of the molecule is CC(C)(CO)[C@H](N)C(F)(F)F. The molecular formula is C6H12F3NO. The molecule has 68 valence electrons. The molecule has 0 bridgehead atoms. The molecule has 0 rings (SSSR count). The fourth-order valence-corrected chi connectivity index (χ4v) is 0.541. The van der Waals surface area contributed by atoms with E-state index in [2.05, 4.69) is 0 Å². The molecule has 3 N–H and O–H groups in total. The zero-order valence-corrected chi connectivity index (χ0v) is 6.44. The van der Waals surface area contributed by atoms with Crippen LogP contribution >= 0.6 is 0 Å². The number of alkyl halides is 3. The van der Waals surface area contributed by atoms with Gasteiger partial charge in [-0.15, -0.1) is 0 Å². The van der Waals surface area contributed by atoms with Gasteiger partial charge in [-0.3, -0.25) is 0 Å². The van der Waals surface area contributed by atoms with Crippen molar-refractivity contribution < 1.29 is 18.3 Å². The van der Waals surface area contributed by atoms with Crippen molar-refractivity contribution >= 4 is 0 Å². The molecule has 0 aromatic heterocycles. The summed E-state index contributed by atoms with van der Waals surface area (Å²) < 4.78 is 35.7. The van der Waals surface area contributed by atoms with Gasteiger partial charge in [0.15, 0.2) is 0 Å². The van der Waals surface area contributed by atoms with Gasteiger partial charge in [0.05, 0.1) is 0 Å². The Bertz CT molecular complexity index is 132. The third kappa shape index (κ3) is 2.67. The minimum atomic E-state index is -4.44. The van der Waals surface area contributed by atoms with E-state index in [0.29, 0.717) is 0 Å². The lowest BCUT2D eigenvalue weighted by molar-refractivity contribution is -0.174. The number of halogens is 3. The zero-order valence-electron chi connectivity index (χ0n) is 6.44. The van der Waals surface area contributed by atoms with E-state index in [1.807, 2.05) is 0 Å². The van der Waals surface area contributed by atoms with Crippen molar-refractivity contribution in [2.24, 2.45) is 11.1 Å². The minimum Gasteiger partial charge on any atom is -0.396 e. The van der Waals surface area contributed by atoms with Crippen LogP contribution in [0.25, 0.3) is 0 Å². The molecule has 0 amide bonds. The lowest BCUT2D eigenvalue weighted by atomic mass is 9.85. The van der Waals surface area contributed by atoms with Gasteiger partial charge in [-0.25, -0.2) is 0 Å². The summed E-state index contributed by atoms with van der Waals surface area (Å²) in [5.41, 5.74) is 3.55. The van der Waals surface area contributed by atoms with E-state index in [4.69, 9.17) is 10.8 Å². The maximum absolute atomic E-state index is 11.9. The zero-order chi connectivity index (χ0) is 9.28. The molecule has 0 fully saturated rings. The average molecular weight is 171 g/mol. The van der Waals surface area contributed by atoms with Crippen LogP contribution in [0, 0.1) is 5.41 Å². The van der Waals surface area contributed by atoms with Crippen LogP contribution in [0.4, 0.5) is 13.2 Å². The van der Waals surface area contributed by atoms with Gasteiger partial charge in [0.2, 0.25) is 0 Å². The molecule has 1 atom stereocenters. The molecular weight excluding hydrogens is 159 g/mol. The van der Waals surface area contributed by atoms with Crippen LogP contribution in [0.2, 0.25) is 0 Å². The molecule has 0 aromatic rings. The standard InChI is InChI=1S/C6H12F3NO/c1-5(2,3-11)4(10)6(7,8)9/h4,11H,3,10H2,1-2H3/t4-/m0/s1. The molecule has 0 saturated heterocycles. The number of hydrogen-bond donors (Lipinski definition) is 2. The van der Waals surface area contributed by atoms with Gasteiger partial charge >= 0.3 is 6.18 Å². The summed E-state index contributed by atoms with van der Waals surface area (Å²) in [4.78, 5) is 0. The van der Waals surface area contributed by atoms with Gasteiger partial charge in [-0.1, -0.05) is 13.8 Å². The van der Waals surface area contributed by atoms with E-state index in [1.54, 1.807) is 0 Å². The summed E-state index contributed by atoms with van der Waals surface area (Å²) in [6.45, 7) is 1.96. The van der Waals surface area contributed by atoms with E-state index < -0.39 is 24.2 Å².